The summed E-state index contributed by atoms with van der Waals surface area (Å²) in [7, 11) is -3.25. The molecule has 0 aromatic rings. The third-order valence-electron chi connectivity index (χ3n) is 4.03. The second-order valence-electron chi connectivity index (χ2n) is 5.62. The van der Waals surface area contributed by atoms with Crippen molar-refractivity contribution in [3.63, 3.8) is 0 Å². The highest BCUT2D eigenvalue weighted by atomic mass is 32.2. The number of hydrogen-bond acceptors (Lipinski definition) is 3. The van der Waals surface area contributed by atoms with Crippen LogP contribution in [0.15, 0.2) is 0 Å². The molecule has 0 saturated carbocycles. The average Bonchev–Trinajstić information content (AvgIpc) is 2.92. The van der Waals surface area contributed by atoms with Gasteiger partial charge in [-0.2, -0.15) is 17.0 Å². The standard InChI is InChI=1S/C13H27N3O2S/c1-2-9-16(12-13-7-6-8-14-13)19(17,18)15-10-4-3-5-11-15/h13-14H,2-12H2,1H3. The minimum Gasteiger partial charge on any atom is -0.313 e. The quantitative estimate of drug-likeness (QED) is 0.799. The van der Waals surface area contributed by atoms with Crippen molar-refractivity contribution in [2.24, 2.45) is 0 Å². The lowest BCUT2D eigenvalue weighted by atomic mass is 10.2. The van der Waals surface area contributed by atoms with Crippen LogP contribution in [0.25, 0.3) is 0 Å². The molecule has 0 radical (unpaired) electrons. The molecule has 1 unspecified atom stereocenters. The summed E-state index contributed by atoms with van der Waals surface area (Å²) in [6, 6.07) is 0.339. The smallest absolute Gasteiger partial charge is 0.282 e. The summed E-state index contributed by atoms with van der Waals surface area (Å²) >= 11 is 0. The molecule has 2 aliphatic rings. The minimum absolute atomic E-state index is 0.339. The minimum atomic E-state index is -3.25. The van der Waals surface area contributed by atoms with Crippen LogP contribution in [-0.2, 0) is 10.2 Å². The molecule has 2 saturated heterocycles. The van der Waals surface area contributed by atoms with Gasteiger partial charge in [0, 0.05) is 32.2 Å². The molecule has 19 heavy (non-hydrogen) atoms. The maximum Gasteiger partial charge on any atom is 0.282 e. The van der Waals surface area contributed by atoms with Crippen LogP contribution in [0.2, 0.25) is 0 Å². The van der Waals surface area contributed by atoms with Crippen molar-refractivity contribution in [3.8, 4) is 0 Å². The normalized spacial score (nSPS) is 26.1. The summed E-state index contributed by atoms with van der Waals surface area (Å²) in [6.07, 6.45) is 6.29. The van der Waals surface area contributed by atoms with E-state index in [0.29, 0.717) is 32.2 Å². The van der Waals surface area contributed by atoms with Crippen molar-refractivity contribution < 1.29 is 8.42 Å². The number of rotatable bonds is 6. The molecule has 6 heteroatoms. The SMILES string of the molecule is CCCN(CC1CCCN1)S(=O)(=O)N1CCCCC1. The lowest BCUT2D eigenvalue weighted by Gasteiger charge is -2.33. The van der Waals surface area contributed by atoms with Crippen LogP contribution in [0.4, 0.5) is 0 Å². The molecule has 0 aromatic carbocycles. The van der Waals surface area contributed by atoms with Crippen molar-refractivity contribution >= 4 is 10.2 Å². The Labute approximate surface area is 117 Å². The van der Waals surface area contributed by atoms with Crippen molar-refractivity contribution in [2.75, 3.05) is 32.7 Å². The lowest BCUT2D eigenvalue weighted by molar-refractivity contribution is 0.291. The maximum atomic E-state index is 12.7. The van der Waals surface area contributed by atoms with E-state index >= 15 is 0 Å². The Morgan fingerprint density at radius 2 is 1.95 bits per heavy atom. The first-order valence-corrected chi connectivity index (χ1v) is 9.03. The highest BCUT2D eigenvalue weighted by molar-refractivity contribution is 7.86. The zero-order valence-corrected chi connectivity index (χ0v) is 12.8. The predicted octanol–water partition coefficient (Wildman–Crippen LogP) is 1.18. The van der Waals surface area contributed by atoms with Crippen molar-refractivity contribution in [2.45, 2.75) is 51.5 Å². The molecule has 2 aliphatic heterocycles. The summed E-state index contributed by atoms with van der Waals surface area (Å²) < 4.78 is 28.8. The number of hydrogen-bond donors (Lipinski definition) is 1. The van der Waals surface area contributed by atoms with Gasteiger partial charge in [0.1, 0.15) is 0 Å². The summed E-state index contributed by atoms with van der Waals surface area (Å²) in [5.41, 5.74) is 0. The average molecular weight is 289 g/mol. The molecule has 112 valence electrons. The van der Waals surface area contributed by atoms with Gasteiger partial charge >= 0.3 is 0 Å². The van der Waals surface area contributed by atoms with E-state index < -0.39 is 10.2 Å². The molecular formula is C13H27N3O2S. The zero-order valence-electron chi connectivity index (χ0n) is 12.0. The predicted molar refractivity (Wildman–Crippen MR) is 77.2 cm³/mol. The highest BCUT2D eigenvalue weighted by Gasteiger charge is 2.32. The fraction of sp³-hybridized carbons (Fsp3) is 1.00. The van der Waals surface area contributed by atoms with E-state index in [2.05, 4.69) is 5.32 Å². The van der Waals surface area contributed by atoms with Gasteiger partial charge in [-0.15, -0.1) is 0 Å². The first-order chi connectivity index (χ1) is 9.14. The van der Waals surface area contributed by atoms with Crippen LogP contribution in [0, 0.1) is 0 Å². The fourth-order valence-electron chi connectivity index (χ4n) is 2.97. The Kier molecular flexibility index (Phi) is 5.62. The molecule has 0 bridgehead atoms. The monoisotopic (exact) mass is 289 g/mol. The van der Waals surface area contributed by atoms with Gasteiger partial charge in [0.05, 0.1) is 0 Å². The third kappa shape index (κ3) is 3.90. The molecule has 0 amide bonds. The van der Waals surface area contributed by atoms with Crippen LogP contribution < -0.4 is 5.32 Å². The van der Waals surface area contributed by atoms with E-state index in [1.54, 1.807) is 8.61 Å². The van der Waals surface area contributed by atoms with Crippen LogP contribution in [0.1, 0.15) is 45.4 Å². The first-order valence-electron chi connectivity index (χ1n) is 7.63. The molecular weight excluding hydrogens is 262 g/mol. The van der Waals surface area contributed by atoms with Crippen LogP contribution in [0.5, 0.6) is 0 Å². The molecule has 1 atom stereocenters. The fourth-order valence-corrected chi connectivity index (χ4v) is 4.80. The Hall–Kier alpha value is -0.170. The van der Waals surface area contributed by atoms with E-state index in [1.165, 1.54) is 0 Å². The summed E-state index contributed by atoms with van der Waals surface area (Å²) in [5.74, 6) is 0. The molecule has 5 nitrogen and oxygen atoms in total. The topological polar surface area (TPSA) is 52.7 Å². The number of piperidine rings is 1. The molecule has 0 aromatic heterocycles. The van der Waals surface area contributed by atoms with Crippen LogP contribution in [-0.4, -0.2) is 55.8 Å². The zero-order chi connectivity index (χ0) is 13.7. The number of nitrogens with zero attached hydrogens (tertiary/aromatic N) is 2. The Morgan fingerprint density at radius 3 is 2.53 bits per heavy atom. The molecule has 1 N–H and O–H groups in total. The maximum absolute atomic E-state index is 12.7. The van der Waals surface area contributed by atoms with Gasteiger partial charge in [0.15, 0.2) is 0 Å². The second-order valence-corrected chi connectivity index (χ2v) is 7.55. The van der Waals surface area contributed by atoms with Gasteiger partial charge in [-0.05, 0) is 38.6 Å². The summed E-state index contributed by atoms with van der Waals surface area (Å²) in [4.78, 5) is 0. The second kappa shape index (κ2) is 7.02. The Bertz CT molecular complexity index is 360. The van der Waals surface area contributed by atoms with Gasteiger partial charge in [-0.3, -0.25) is 0 Å². The summed E-state index contributed by atoms with van der Waals surface area (Å²) in [6.45, 7) is 5.72. The van der Waals surface area contributed by atoms with E-state index in [9.17, 15) is 8.42 Å². The Morgan fingerprint density at radius 1 is 1.21 bits per heavy atom. The van der Waals surface area contributed by atoms with E-state index in [4.69, 9.17) is 0 Å². The van der Waals surface area contributed by atoms with E-state index in [0.717, 1.165) is 45.1 Å². The van der Waals surface area contributed by atoms with Crippen molar-refractivity contribution in [3.05, 3.63) is 0 Å². The Balaban J connectivity index is 2.02. The van der Waals surface area contributed by atoms with E-state index in [1.807, 2.05) is 6.92 Å². The lowest BCUT2D eigenvalue weighted by Crippen LogP contribution is -2.49. The van der Waals surface area contributed by atoms with Gasteiger partial charge in [0.2, 0.25) is 0 Å². The van der Waals surface area contributed by atoms with Gasteiger partial charge in [-0.1, -0.05) is 13.3 Å². The molecule has 0 aliphatic carbocycles. The largest absolute Gasteiger partial charge is 0.313 e. The van der Waals surface area contributed by atoms with Gasteiger partial charge < -0.3 is 5.32 Å². The molecule has 2 rings (SSSR count). The van der Waals surface area contributed by atoms with Gasteiger partial charge in [0.25, 0.3) is 10.2 Å². The van der Waals surface area contributed by atoms with E-state index in [-0.39, 0.29) is 0 Å². The highest BCUT2D eigenvalue weighted by Crippen LogP contribution is 2.18. The third-order valence-corrected chi connectivity index (χ3v) is 6.03. The van der Waals surface area contributed by atoms with Crippen molar-refractivity contribution in [1.29, 1.82) is 0 Å². The van der Waals surface area contributed by atoms with Gasteiger partial charge in [-0.25, -0.2) is 0 Å². The molecule has 2 heterocycles. The van der Waals surface area contributed by atoms with Crippen LogP contribution >= 0.6 is 0 Å². The summed E-state index contributed by atoms with van der Waals surface area (Å²) in [5, 5.41) is 3.40. The van der Waals surface area contributed by atoms with Crippen LogP contribution in [0.3, 0.4) is 0 Å². The first kappa shape index (κ1) is 15.2. The molecule has 2 fully saturated rings. The molecule has 0 spiro atoms. The number of nitrogens with one attached hydrogen (secondary N) is 1. The van der Waals surface area contributed by atoms with Crippen molar-refractivity contribution in [1.82, 2.24) is 13.9 Å².